The molecule has 0 heterocycles. The molecule has 1 rings (SSSR count). The van der Waals surface area contributed by atoms with Gasteiger partial charge in [-0.15, -0.1) is 0 Å². The Bertz CT molecular complexity index is 451. The molecular weight excluding hydrogens is 258 g/mol. The number of carbonyl (C=O) groups is 1. The molecule has 110 valence electrons. The van der Waals surface area contributed by atoms with Crippen molar-refractivity contribution in [3.63, 3.8) is 0 Å². The molecule has 0 aromatic heterocycles. The molecule has 0 aliphatic rings. The molecule has 2 N–H and O–H groups in total. The van der Waals surface area contributed by atoms with Crippen molar-refractivity contribution in [2.75, 3.05) is 0 Å². The number of nitrogens with one attached hydrogen (secondary N) is 1. The Hall–Kier alpha value is -1.88. The number of hydrogen-bond donors (Lipinski definition) is 2. The first kappa shape index (κ1) is 16.2. The van der Waals surface area contributed by atoms with E-state index in [4.69, 9.17) is 14.9 Å². The normalized spacial score (nSPS) is 12.6. The predicted molar refractivity (Wildman–Crippen MR) is 75.9 cm³/mol. The highest BCUT2D eigenvalue weighted by Crippen LogP contribution is 2.13. The third-order valence-electron chi connectivity index (χ3n) is 2.32. The molecule has 0 bridgehead atoms. The Morgan fingerprint density at radius 3 is 2.45 bits per heavy atom. The van der Waals surface area contributed by atoms with Crippen LogP contribution in [0.15, 0.2) is 30.3 Å². The van der Waals surface area contributed by atoms with E-state index >= 15 is 0 Å². The van der Waals surface area contributed by atoms with Crippen LogP contribution in [0.5, 0.6) is 5.75 Å². The third kappa shape index (κ3) is 6.33. The molecular formula is C15H21NO4. The van der Waals surface area contributed by atoms with Crippen LogP contribution < -0.4 is 4.74 Å². The van der Waals surface area contributed by atoms with Crippen LogP contribution in [0.2, 0.25) is 0 Å². The second-order valence-electron chi connectivity index (χ2n) is 5.42. The van der Waals surface area contributed by atoms with Crippen LogP contribution in [0.4, 0.5) is 0 Å². The van der Waals surface area contributed by atoms with E-state index in [1.165, 1.54) is 0 Å². The molecule has 1 aromatic carbocycles. The van der Waals surface area contributed by atoms with Crippen LogP contribution in [0, 0.1) is 5.41 Å². The fraction of sp³-hybridized carbons (Fsp3) is 0.467. The minimum atomic E-state index is -1.12. The Balaban J connectivity index is 2.37. The number of aliphatic hydroxyl groups excluding tert-OH is 1. The van der Waals surface area contributed by atoms with E-state index in [1.54, 1.807) is 45.0 Å². The summed E-state index contributed by atoms with van der Waals surface area (Å²) in [5.74, 6) is -0.197. The molecule has 1 aromatic rings. The summed E-state index contributed by atoms with van der Waals surface area (Å²) in [7, 11) is 0. The molecule has 0 amide bonds. The van der Waals surface area contributed by atoms with E-state index in [-0.39, 0.29) is 18.7 Å². The van der Waals surface area contributed by atoms with Gasteiger partial charge in [-0.3, -0.25) is 10.2 Å². The largest absolute Gasteiger partial charge is 0.460 e. The number of aliphatic hydroxyl groups is 1. The molecule has 0 fully saturated rings. The first-order valence-corrected chi connectivity index (χ1v) is 6.49. The van der Waals surface area contributed by atoms with Gasteiger partial charge in [0.05, 0.1) is 0 Å². The fourth-order valence-electron chi connectivity index (χ4n) is 1.46. The molecule has 5 nitrogen and oxygen atoms in total. The topological polar surface area (TPSA) is 79.6 Å². The summed E-state index contributed by atoms with van der Waals surface area (Å²) >= 11 is 0. The Morgan fingerprint density at radius 1 is 1.30 bits per heavy atom. The van der Waals surface area contributed by atoms with E-state index in [0.717, 1.165) is 0 Å². The average molecular weight is 279 g/mol. The van der Waals surface area contributed by atoms with Crippen LogP contribution in [-0.2, 0) is 9.53 Å². The van der Waals surface area contributed by atoms with E-state index < -0.39 is 17.7 Å². The highest BCUT2D eigenvalue weighted by molar-refractivity contribution is 5.80. The van der Waals surface area contributed by atoms with Crippen molar-refractivity contribution in [1.82, 2.24) is 0 Å². The zero-order chi connectivity index (χ0) is 15.2. The molecule has 0 saturated carbocycles. The summed E-state index contributed by atoms with van der Waals surface area (Å²) in [6.45, 7) is 5.34. The number of ether oxygens (including phenoxy) is 2. The van der Waals surface area contributed by atoms with E-state index in [0.29, 0.717) is 5.75 Å². The summed E-state index contributed by atoms with van der Waals surface area (Å²) in [6, 6.07) is 8.76. The SMILES string of the molecule is CC(C)(C)OC(=O)CCC(O)C(=N)Oc1ccccc1. The zero-order valence-corrected chi connectivity index (χ0v) is 12.1. The van der Waals surface area contributed by atoms with Crippen molar-refractivity contribution in [2.45, 2.75) is 45.3 Å². The highest BCUT2D eigenvalue weighted by atomic mass is 16.6. The standard InChI is InChI=1S/C15H21NO4/c1-15(2,3)20-13(18)10-9-12(17)14(16)19-11-7-5-4-6-8-11/h4-8,12,16-17H,9-10H2,1-3H3. The lowest BCUT2D eigenvalue weighted by Crippen LogP contribution is -2.28. The van der Waals surface area contributed by atoms with Crippen molar-refractivity contribution in [2.24, 2.45) is 0 Å². The van der Waals surface area contributed by atoms with Gasteiger partial charge in [0.2, 0.25) is 5.90 Å². The van der Waals surface area contributed by atoms with Gasteiger partial charge in [-0.2, -0.15) is 0 Å². The van der Waals surface area contributed by atoms with Gasteiger partial charge in [-0.25, -0.2) is 0 Å². The molecule has 20 heavy (non-hydrogen) atoms. The maximum absolute atomic E-state index is 11.5. The Morgan fingerprint density at radius 2 is 1.90 bits per heavy atom. The van der Waals surface area contributed by atoms with Gasteiger partial charge in [0, 0.05) is 6.42 Å². The summed E-state index contributed by atoms with van der Waals surface area (Å²) in [6.07, 6.45) is -0.984. The second-order valence-corrected chi connectivity index (χ2v) is 5.42. The van der Waals surface area contributed by atoms with Crippen LogP contribution in [-0.4, -0.2) is 28.7 Å². The molecule has 0 saturated heterocycles. The van der Waals surface area contributed by atoms with E-state index in [1.807, 2.05) is 6.07 Å². The first-order chi connectivity index (χ1) is 9.28. The number of carbonyl (C=O) groups excluding carboxylic acids is 1. The monoisotopic (exact) mass is 279 g/mol. The molecule has 1 unspecified atom stereocenters. The Kier molecular flexibility index (Phi) is 5.70. The minimum Gasteiger partial charge on any atom is -0.460 e. The summed E-state index contributed by atoms with van der Waals surface area (Å²) in [5.41, 5.74) is -0.546. The van der Waals surface area contributed by atoms with Crippen LogP contribution in [0.1, 0.15) is 33.6 Å². The predicted octanol–water partition coefficient (Wildman–Crippen LogP) is 2.53. The number of rotatable bonds is 5. The van der Waals surface area contributed by atoms with Crippen LogP contribution in [0.25, 0.3) is 0 Å². The molecule has 1 atom stereocenters. The number of esters is 1. The lowest BCUT2D eigenvalue weighted by Gasteiger charge is -2.20. The van der Waals surface area contributed by atoms with Gasteiger partial charge in [0.1, 0.15) is 17.5 Å². The minimum absolute atomic E-state index is 0.0406. The summed E-state index contributed by atoms with van der Waals surface area (Å²) in [4.78, 5) is 11.5. The quantitative estimate of drug-likeness (QED) is 0.493. The van der Waals surface area contributed by atoms with Crippen LogP contribution in [0.3, 0.4) is 0 Å². The van der Waals surface area contributed by atoms with E-state index in [9.17, 15) is 9.90 Å². The average Bonchev–Trinajstić information content (AvgIpc) is 2.35. The highest BCUT2D eigenvalue weighted by Gasteiger charge is 2.19. The van der Waals surface area contributed by atoms with Gasteiger partial charge in [-0.1, -0.05) is 18.2 Å². The fourth-order valence-corrected chi connectivity index (χ4v) is 1.46. The van der Waals surface area contributed by atoms with Gasteiger partial charge in [0.15, 0.2) is 0 Å². The van der Waals surface area contributed by atoms with Crippen molar-refractivity contribution in [3.05, 3.63) is 30.3 Å². The third-order valence-corrected chi connectivity index (χ3v) is 2.32. The lowest BCUT2D eigenvalue weighted by atomic mass is 10.1. The van der Waals surface area contributed by atoms with Crippen LogP contribution >= 0.6 is 0 Å². The molecule has 0 aliphatic heterocycles. The van der Waals surface area contributed by atoms with Crippen molar-refractivity contribution in [1.29, 1.82) is 5.41 Å². The number of benzene rings is 1. The van der Waals surface area contributed by atoms with Gasteiger partial charge >= 0.3 is 5.97 Å². The van der Waals surface area contributed by atoms with Crippen molar-refractivity contribution < 1.29 is 19.4 Å². The Labute approximate surface area is 119 Å². The van der Waals surface area contributed by atoms with E-state index in [2.05, 4.69) is 0 Å². The summed E-state index contributed by atoms with van der Waals surface area (Å²) in [5, 5.41) is 17.4. The lowest BCUT2D eigenvalue weighted by molar-refractivity contribution is -0.155. The number of para-hydroxylation sites is 1. The molecule has 0 spiro atoms. The number of hydrogen-bond acceptors (Lipinski definition) is 5. The molecule has 0 aliphatic carbocycles. The molecule has 5 heteroatoms. The van der Waals surface area contributed by atoms with Crippen molar-refractivity contribution in [3.8, 4) is 5.75 Å². The van der Waals surface area contributed by atoms with Gasteiger partial charge in [-0.05, 0) is 39.3 Å². The van der Waals surface area contributed by atoms with Crippen molar-refractivity contribution >= 4 is 11.9 Å². The molecule has 0 radical (unpaired) electrons. The maximum Gasteiger partial charge on any atom is 0.306 e. The second kappa shape index (κ2) is 7.05. The van der Waals surface area contributed by atoms with Gasteiger partial charge < -0.3 is 14.6 Å². The first-order valence-electron chi connectivity index (χ1n) is 6.49. The summed E-state index contributed by atoms with van der Waals surface area (Å²) < 4.78 is 10.3. The van der Waals surface area contributed by atoms with Gasteiger partial charge in [0.25, 0.3) is 0 Å². The maximum atomic E-state index is 11.5. The zero-order valence-electron chi connectivity index (χ0n) is 12.1. The smallest absolute Gasteiger partial charge is 0.306 e.